The number of para-hydroxylation sites is 1. The van der Waals surface area contributed by atoms with E-state index < -0.39 is 17.7 Å². The molecule has 0 radical (unpaired) electrons. The number of fused-ring (bicyclic) bond motifs is 4. The number of halogens is 3. The maximum atomic E-state index is 13.3. The molecule has 224 valence electrons. The Morgan fingerprint density at radius 2 is 1.12 bits per heavy atom. The van der Waals surface area contributed by atoms with Crippen LogP contribution >= 0.6 is 0 Å². The van der Waals surface area contributed by atoms with Gasteiger partial charge in [-0.25, -0.2) is 25.1 Å². The first-order chi connectivity index (χ1) is 23.1. The number of nitrogens with zero attached hydrogens (tertiary/aromatic N) is 6. The lowest BCUT2D eigenvalue weighted by Gasteiger charge is -2.20. The molecule has 7 nitrogen and oxygen atoms in total. The van der Waals surface area contributed by atoms with Gasteiger partial charge in [0, 0.05) is 16.7 Å². The van der Waals surface area contributed by atoms with Crippen LogP contribution in [0.1, 0.15) is 33.4 Å². The van der Waals surface area contributed by atoms with Gasteiger partial charge in [0.05, 0.1) is 31.9 Å². The number of aryl methyl sites for hydroxylation is 1. The molecule has 4 aromatic carbocycles. The van der Waals surface area contributed by atoms with Crippen molar-refractivity contribution in [1.82, 2.24) is 0 Å². The number of allylic oxidation sites excluding steroid dienone is 6. The summed E-state index contributed by atoms with van der Waals surface area (Å²) in [6, 6.07) is 24.9. The summed E-state index contributed by atoms with van der Waals surface area (Å²) in [4.78, 5) is 10.8. The summed E-state index contributed by atoms with van der Waals surface area (Å²) in [5, 5.41) is 30.5. The van der Waals surface area contributed by atoms with E-state index in [2.05, 4.69) is 19.3 Å². The van der Waals surface area contributed by atoms with Gasteiger partial charge in [-0.1, -0.05) is 66.7 Å². The van der Waals surface area contributed by atoms with Crippen molar-refractivity contribution >= 4 is 28.0 Å². The van der Waals surface area contributed by atoms with E-state index in [1.807, 2.05) is 12.1 Å². The number of nitriles is 3. The molecule has 2 aliphatic rings. The average molecular weight is 629 g/mol. The van der Waals surface area contributed by atoms with Gasteiger partial charge in [-0.2, -0.15) is 5.26 Å². The van der Waals surface area contributed by atoms with Gasteiger partial charge in [-0.15, -0.1) is 13.2 Å². The first kappa shape index (κ1) is 30.6. The fourth-order valence-electron chi connectivity index (χ4n) is 6.40. The largest absolute Gasteiger partial charge is 0.573 e. The van der Waals surface area contributed by atoms with Gasteiger partial charge >= 0.3 is 6.36 Å². The van der Waals surface area contributed by atoms with E-state index in [1.165, 1.54) is 12.1 Å². The lowest BCUT2D eigenvalue weighted by atomic mass is 9.83. The molecule has 4 aromatic rings. The van der Waals surface area contributed by atoms with Crippen LogP contribution in [0.4, 0.5) is 18.9 Å². The molecule has 0 unspecified atom stereocenters. The summed E-state index contributed by atoms with van der Waals surface area (Å²) in [6.45, 7) is 25.5. The van der Waals surface area contributed by atoms with Crippen molar-refractivity contribution in [3.05, 3.63) is 152 Å². The molecule has 0 atom stereocenters. The zero-order valence-corrected chi connectivity index (χ0v) is 24.7. The summed E-state index contributed by atoms with van der Waals surface area (Å²) in [7, 11) is 0. The van der Waals surface area contributed by atoms with Crippen LogP contribution in [-0.2, 0) is 0 Å². The molecule has 0 spiro atoms. The Morgan fingerprint density at radius 1 is 0.667 bits per heavy atom. The van der Waals surface area contributed by atoms with Crippen LogP contribution in [0, 0.1) is 60.6 Å². The third-order valence-electron chi connectivity index (χ3n) is 8.12. The highest BCUT2D eigenvalue weighted by Crippen LogP contribution is 2.62. The van der Waals surface area contributed by atoms with Gasteiger partial charge in [-0.05, 0) is 68.6 Å². The minimum Gasteiger partial charge on any atom is -0.404 e. The number of hydrogen-bond donors (Lipinski definition) is 0. The molecular weight excluding hydrogens is 613 g/mol. The summed E-state index contributed by atoms with van der Waals surface area (Å²) < 4.78 is 44.0. The Morgan fingerprint density at radius 3 is 1.60 bits per heavy atom. The molecule has 10 heteroatoms. The Bertz CT molecular complexity index is 2460. The van der Waals surface area contributed by atoms with Crippen molar-refractivity contribution in [2.75, 3.05) is 0 Å². The second kappa shape index (κ2) is 11.5. The average Bonchev–Trinajstić information content (AvgIpc) is 3.59. The highest BCUT2D eigenvalue weighted by atomic mass is 19.4. The maximum absolute atomic E-state index is 13.3. The minimum absolute atomic E-state index is 0.0590. The van der Waals surface area contributed by atoms with E-state index in [4.69, 9.17) is 19.7 Å². The molecule has 0 aromatic heterocycles. The standard InChI is InChI=1S/C38H15F3N6O/c1-20-9-5-13-24(37(20)47-4)23-12-7-15-26-32(23)36(29(19-44)46-3)33-25-14-6-11-22(31(25)35(34(26)33)28(18-43)45-2)21-10-8-16-30(27(21)17-42)48-38(39,40)41/h5-16H,1H3/b35-28-,36-29+. The third-order valence-corrected chi connectivity index (χ3v) is 8.12. The Labute approximate surface area is 272 Å². The molecule has 0 saturated heterocycles. The van der Waals surface area contributed by atoms with Crippen molar-refractivity contribution < 1.29 is 17.9 Å². The molecule has 6 rings (SSSR count). The first-order valence-corrected chi connectivity index (χ1v) is 14.0. The van der Waals surface area contributed by atoms with Crippen molar-refractivity contribution in [2.45, 2.75) is 13.3 Å². The second-order valence-electron chi connectivity index (χ2n) is 10.5. The minimum atomic E-state index is -5.08. The molecular formula is C38H15F3N6O. The Kier molecular flexibility index (Phi) is 7.36. The maximum Gasteiger partial charge on any atom is 0.573 e. The lowest BCUT2D eigenvalue weighted by Crippen LogP contribution is -2.18. The van der Waals surface area contributed by atoms with Crippen LogP contribution in [0.25, 0.3) is 59.1 Å². The fourth-order valence-corrected chi connectivity index (χ4v) is 6.40. The van der Waals surface area contributed by atoms with E-state index in [-0.39, 0.29) is 39.2 Å². The van der Waals surface area contributed by atoms with Gasteiger partial charge in [0.15, 0.2) is 5.69 Å². The van der Waals surface area contributed by atoms with Crippen LogP contribution in [0.2, 0.25) is 0 Å². The van der Waals surface area contributed by atoms with E-state index in [0.29, 0.717) is 44.7 Å². The van der Waals surface area contributed by atoms with Crippen molar-refractivity contribution in [1.29, 1.82) is 15.8 Å². The molecule has 0 aliphatic heterocycles. The van der Waals surface area contributed by atoms with E-state index in [0.717, 1.165) is 11.6 Å². The van der Waals surface area contributed by atoms with Crippen LogP contribution < -0.4 is 4.74 Å². The Hall–Kier alpha value is -7.37. The number of rotatable bonds is 3. The molecule has 48 heavy (non-hydrogen) atoms. The number of benzene rings is 4. The molecule has 0 saturated carbocycles. The predicted octanol–water partition coefficient (Wildman–Crippen LogP) is 9.90. The van der Waals surface area contributed by atoms with Gasteiger partial charge in [0.2, 0.25) is 0 Å². The first-order valence-electron chi connectivity index (χ1n) is 14.0. The SMILES string of the molecule is [C-]#[N+]/C(C#N)=C1C2=C(/C(=C(\C#N)[N+]#[C-])c3c2cccc3-c2cccc(C)c2[N+]#[C-])c2cccc(-c3cccc(OC(F)(F)F)c3C#N)c2\1. The zero-order valence-electron chi connectivity index (χ0n) is 24.7. The van der Waals surface area contributed by atoms with Gasteiger partial charge in [0.1, 0.15) is 17.4 Å². The van der Waals surface area contributed by atoms with E-state index in [9.17, 15) is 29.0 Å². The molecule has 0 heterocycles. The summed E-state index contributed by atoms with van der Waals surface area (Å²) >= 11 is 0. The molecule has 0 bridgehead atoms. The molecule has 0 amide bonds. The third kappa shape index (κ3) is 4.55. The van der Waals surface area contributed by atoms with Crippen molar-refractivity contribution in [2.24, 2.45) is 0 Å². The van der Waals surface area contributed by atoms with Crippen LogP contribution in [0.15, 0.2) is 84.2 Å². The highest BCUT2D eigenvalue weighted by Gasteiger charge is 2.42. The summed E-state index contributed by atoms with van der Waals surface area (Å²) in [5.74, 6) is -0.723. The second-order valence-corrected chi connectivity index (χ2v) is 10.5. The molecule has 0 N–H and O–H groups in total. The van der Waals surface area contributed by atoms with Crippen LogP contribution in [0.5, 0.6) is 5.75 Å². The van der Waals surface area contributed by atoms with E-state index >= 15 is 0 Å². The zero-order chi connectivity index (χ0) is 34.3. The van der Waals surface area contributed by atoms with Gasteiger partial charge in [0.25, 0.3) is 11.4 Å². The smallest absolute Gasteiger partial charge is 0.404 e. The van der Waals surface area contributed by atoms with E-state index in [1.54, 1.807) is 67.6 Å². The quantitative estimate of drug-likeness (QED) is 0.167. The molecule has 0 fully saturated rings. The Balaban J connectivity index is 1.75. The van der Waals surface area contributed by atoms with Crippen LogP contribution in [0.3, 0.4) is 0 Å². The topological polar surface area (TPSA) is 93.7 Å². The fraction of sp³-hybridized carbons (Fsp3) is 0.0526. The van der Waals surface area contributed by atoms with Gasteiger partial charge < -0.3 is 4.74 Å². The number of alkyl halides is 3. The van der Waals surface area contributed by atoms with Gasteiger partial charge in [-0.3, -0.25) is 0 Å². The lowest BCUT2D eigenvalue weighted by molar-refractivity contribution is -0.274. The predicted molar refractivity (Wildman–Crippen MR) is 171 cm³/mol. The summed E-state index contributed by atoms with van der Waals surface area (Å²) in [6.07, 6.45) is -5.08. The number of ether oxygens (including phenoxy) is 1. The summed E-state index contributed by atoms with van der Waals surface area (Å²) in [5.41, 5.74) is 4.27. The monoisotopic (exact) mass is 628 g/mol. The van der Waals surface area contributed by atoms with Crippen LogP contribution in [-0.4, -0.2) is 6.36 Å². The van der Waals surface area contributed by atoms with Crippen molar-refractivity contribution in [3.63, 3.8) is 0 Å². The normalized spacial score (nSPS) is 14.5. The number of hydrogen-bond acceptors (Lipinski definition) is 4. The molecule has 2 aliphatic carbocycles. The van der Waals surface area contributed by atoms with Crippen molar-refractivity contribution in [3.8, 4) is 46.2 Å². The highest BCUT2D eigenvalue weighted by molar-refractivity contribution is 6.39.